The van der Waals surface area contributed by atoms with E-state index in [4.69, 9.17) is 11.6 Å². The van der Waals surface area contributed by atoms with Crippen LogP contribution in [0.4, 0.5) is 0 Å². The van der Waals surface area contributed by atoms with E-state index in [0.29, 0.717) is 16.7 Å². The maximum Gasteiger partial charge on any atom is 0.0894 e. The lowest BCUT2D eigenvalue weighted by Gasteiger charge is -2.11. The van der Waals surface area contributed by atoms with E-state index in [2.05, 4.69) is 37.5 Å². The molecule has 0 aliphatic rings. The molecule has 0 N–H and O–H groups in total. The van der Waals surface area contributed by atoms with E-state index in [-0.39, 0.29) is 0 Å². The summed E-state index contributed by atoms with van der Waals surface area (Å²) >= 11 is 10.5. The molecular weight excluding hydrogens is 238 g/mol. The second-order valence-electron chi connectivity index (χ2n) is 4.16. The highest BCUT2D eigenvalue weighted by Gasteiger charge is 2.09. The van der Waals surface area contributed by atoms with E-state index < -0.39 is 0 Å². The van der Waals surface area contributed by atoms with E-state index in [1.54, 1.807) is 0 Å². The number of nitrogens with zero attached hydrogens (tertiary/aromatic N) is 1. The van der Waals surface area contributed by atoms with E-state index in [9.17, 15) is 0 Å². The minimum atomic E-state index is 0.402. The van der Waals surface area contributed by atoms with Crippen molar-refractivity contribution in [3.05, 3.63) is 40.5 Å². The molecule has 0 amide bonds. The van der Waals surface area contributed by atoms with Crippen LogP contribution in [0.25, 0.3) is 10.9 Å². The summed E-state index contributed by atoms with van der Waals surface area (Å²) in [5.41, 5.74) is 3.16. The van der Waals surface area contributed by atoms with Crippen LogP contribution in [0.3, 0.4) is 0 Å². The highest BCUT2D eigenvalue weighted by Crippen LogP contribution is 2.28. The minimum Gasteiger partial charge on any atom is -0.251 e. The first-order valence-electron chi connectivity index (χ1n) is 5.32. The largest absolute Gasteiger partial charge is 0.251 e. The lowest BCUT2D eigenvalue weighted by Crippen LogP contribution is -1.96. The summed E-state index contributed by atoms with van der Waals surface area (Å²) in [6.07, 6.45) is 0. The molecule has 0 unspecified atom stereocenters. The van der Waals surface area contributed by atoms with Crippen molar-refractivity contribution in [1.82, 2.24) is 4.98 Å². The van der Waals surface area contributed by atoms with Crippen LogP contribution in [0.5, 0.6) is 0 Å². The van der Waals surface area contributed by atoms with Crippen LogP contribution in [-0.2, 0) is 5.75 Å². The fraction of sp³-hybridized carbons (Fsp3) is 0.308. The van der Waals surface area contributed by atoms with Crippen molar-refractivity contribution in [1.29, 1.82) is 0 Å². The molecule has 1 nitrogen and oxygen atoms in total. The summed E-state index contributed by atoms with van der Waals surface area (Å²) in [5, 5.41) is 1.81. The maximum atomic E-state index is 6.18. The van der Waals surface area contributed by atoms with Gasteiger partial charge in [-0.3, -0.25) is 4.98 Å². The highest BCUT2D eigenvalue weighted by atomic mass is 35.5. The van der Waals surface area contributed by atoms with E-state index in [0.717, 1.165) is 16.6 Å². The summed E-state index contributed by atoms with van der Waals surface area (Å²) in [6, 6.07) is 8.00. The molecule has 2 aromatic rings. The van der Waals surface area contributed by atoms with Gasteiger partial charge in [0.1, 0.15) is 0 Å². The van der Waals surface area contributed by atoms with Gasteiger partial charge >= 0.3 is 0 Å². The van der Waals surface area contributed by atoms with Crippen LogP contribution in [0.2, 0.25) is 5.02 Å². The highest BCUT2D eigenvalue weighted by molar-refractivity contribution is 7.79. The lowest BCUT2D eigenvalue weighted by molar-refractivity contribution is 0.828. The second kappa shape index (κ2) is 4.64. The second-order valence-corrected chi connectivity index (χ2v) is 4.88. The Morgan fingerprint density at radius 3 is 2.75 bits per heavy atom. The molecule has 0 radical (unpaired) electrons. The van der Waals surface area contributed by atoms with Gasteiger partial charge in [0.05, 0.1) is 10.5 Å². The van der Waals surface area contributed by atoms with Gasteiger partial charge in [-0.15, -0.1) is 0 Å². The maximum absolute atomic E-state index is 6.18. The molecule has 84 valence electrons. The molecule has 0 atom stereocenters. The van der Waals surface area contributed by atoms with Crippen LogP contribution in [-0.4, -0.2) is 4.98 Å². The van der Waals surface area contributed by atoms with Crippen molar-refractivity contribution in [2.75, 3.05) is 0 Å². The number of fused-ring (bicyclic) bond motifs is 1. The van der Waals surface area contributed by atoms with Gasteiger partial charge in [-0.2, -0.15) is 12.6 Å². The molecule has 0 spiro atoms. The fourth-order valence-electron chi connectivity index (χ4n) is 1.73. The molecule has 0 saturated heterocycles. The van der Waals surface area contributed by atoms with E-state index in [1.165, 1.54) is 5.56 Å². The van der Waals surface area contributed by atoms with Gasteiger partial charge in [-0.25, -0.2) is 0 Å². The van der Waals surface area contributed by atoms with Gasteiger partial charge in [0.15, 0.2) is 0 Å². The standard InChI is InChI=1S/C13H14ClNS/c1-8(2)12-6-9(7-16)10-4-3-5-11(14)13(10)15-12/h3-6,8,16H,7H2,1-2H3. The van der Waals surface area contributed by atoms with Crippen LogP contribution in [0.15, 0.2) is 24.3 Å². The number of hydrogen-bond donors (Lipinski definition) is 1. The van der Waals surface area contributed by atoms with Gasteiger partial charge in [-0.05, 0) is 23.6 Å². The molecule has 0 fully saturated rings. The summed E-state index contributed by atoms with van der Waals surface area (Å²) in [6.45, 7) is 4.26. The number of aromatic nitrogens is 1. The molecule has 1 heterocycles. The predicted molar refractivity (Wildman–Crippen MR) is 73.5 cm³/mol. The zero-order valence-electron chi connectivity index (χ0n) is 9.37. The smallest absolute Gasteiger partial charge is 0.0894 e. The summed E-state index contributed by atoms with van der Waals surface area (Å²) in [5.74, 6) is 1.11. The molecule has 1 aromatic carbocycles. The van der Waals surface area contributed by atoms with Gasteiger partial charge in [0.2, 0.25) is 0 Å². The third kappa shape index (κ3) is 2.04. The summed E-state index contributed by atoms with van der Waals surface area (Å²) in [7, 11) is 0. The van der Waals surface area contributed by atoms with Crippen LogP contribution in [0, 0.1) is 0 Å². The Morgan fingerprint density at radius 1 is 1.38 bits per heavy atom. The van der Waals surface area contributed by atoms with Crippen LogP contribution < -0.4 is 0 Å². The number of hydrogen-bond acceptors (Lipinski definition) is 2. The number of benzene rings is 1. The Labute approximate surface area is 106 Å². The van der Waals surface area contributed by atoms with Crippen molar-refractivity contribution in [3.63, 3.8) is 0 Å². The molecule has 16 heavy (non-hydrogen) atoms. The molecule has 3 heteroatoms. The topological polar surface area (TPSA) is 12.9 Å². The number of rotatable bonds is 2. The Balaban J connectivity index is 2.79. The Hall–Kier alpha value is -0.730. The molecule has 0 saturated carbocycles. The normalized spacial score (nSPS) is 11.3. The van der Waals surface area contributed by atoms with Gasteiger partial charge in [0.25, 0.3) is 0 Å². The predicted octanol–water partition coefficient (Wildman–Crippen LogP) is 4.44. The summed E-state index contributed by atoms with van der Waals surface area (Å²) < 4.78 is 0. The van der Waals surface area contributed by atoms with Crippen molar-refractivity contribution in [2.45, 2.75) is 25.5 Å². The number of thiol groups is 1. The number of pyridine rings is 1. The Kier molecular flexibility index (Phi) is 3.41. The molecule has 2 rings (SSSR count). The molecule has 1 aromatic heterocycles. The molecule has 0 bridgehead atoms. The fourth-order valence-corrected chi connectivity index (χ4v) is 2.21. The third-order valence-electron chi connectivity index (χ3n) is 2.66. The lowest BCUT2D eigenvalue weighted by atomic mass is 10.0. The average Bonchev–Trinajstić information content (AvgIpc) is 2.28. The minimum absolute atomic E-state index is 0.402. The Morgan fingerprint density at radius 2 is 2.12 bits per heavy atom. The average molecular weight is 252 g/mol. The van der Waals surface area contributed by atoms with E-state index >= 15 is 0 Å². The van der Waals surface area contributed by atoms with Crippen molar-refractivity contribution >= 4 is 35.1 Å². The van der Waals surface area contributed by atoms with Gasteiger partial charge in [-0.1, -0.05) is 37.6 Å². The molecular formula is C13H14ClNS. The monoisotopic (exact) mass is 251 g/mol. The third-order valence-corrected chi connectivity index (χ3v) is 3.30. The quantitative estimate of drug-likeness (QED) is 0.779. The molecule has 0 aliphatic carbocycles. The zero-order chi connectivity index (χ0) is 11.7. The number of halogens is 1. The number of para-hydroxylation sites is 1. The van der Waals surface area contributed by atoms with Crippen LogP contribution in [0.1, 0.15) is 31.0 Å². The first-order valence-corrected chi connectivity index (χ1v) is 6.33. The van der Waals surface area contributed by atoms with Crippen LogP contribution >= 0.6 is 24.2 Å². The Bertz CT molecular complexity index is 523. The summed E-state index contributed by atoms with van der Waals surface area (Å²) in [4.78, 5) is 4.62. The first kappa shape index (κ1) is 11.7. The van der Waals surface area contributed by atoms with Gasteiger partial charge < -0.3 is 0 Å². The van der Waals surface area contributed by atoms with Gasteiger partial charge in [0, 0.05) is 16.8 Å². The van der Waals surface area contributed by atoms with Crippen molar-refractivity contribution < 1.29 is 0 Å². The molecule has 0 aliphatic heterocycles. The van der Waals surface area contributed by atoms with Crippen molar-refractivity contribution in [3.8, 4) is 0 Å². The SMILES string of the molecule is CC(C)c1cc(CS)c2cccc(Cl)c2n1. The van der Waals surface area contributed by atoms with Crippen molar-refractivity contribution in [2.24, 2.45) is 0 Å². The zero-order valence-corrected chi connectivity index (χ0v) is 11.0. The first-order chi connectivity index (χ1) is 7.63. The van der Waals surface area contributed by atoms with E-state index in [1.807, 2.05) is 18.2 Å².